The van der Waals surface area contributed by atoms with Crippen LogP contribution in [-0.4, -0.2) is 66.1 Å². The Morgan fingerprint density at radius 3 is 0.629 bits per heavy atom. The van der Waals surface area contributed by atoms with Crippen molar-refractivity contribution >= 4 is 30.8 Å². The molecule has 0 bridgehead atoms. The van der Waals surface area contributed by atoms with Crippen molar-refractivity contribution in [1.29, 1.82) is 0 Å². The number of fused-ring (bicyclic) bond motifs is 1. The summed E-state index contributed by atoms with van der Waals surface area (Å²) in [6.07, 6.45) is 34.2. The fourth-order valence-electron chi connectivity index (χ4n) is 5.87. The molecule has 0 amide bonds. The van der Waals surface area contributed by atoms with Crippen LogP contribution < -0.4 is 0 Å². The van der Waals surface area contributed by atoms with Crippen molar-refractivity contribution in [2.45, 2.75) is 169 Å². The molecule has 0 spiro atoms. The Balaban J connectivity index is 0. The molecule has 0 aliphatic rings. The Morgan fingerprint density at radius 2 is 0.468 bits per heavy atom. The summed E-state index contributed by atoms with van der Waals surface area (Å²) in [6.45, 7) is 9.13. The van der Waals surface area contributed by atoms with E-state index >= 15 is 0 Å². The summed E-state index contributed by atoms with van der Waals surface area (Å²) in [7, 11) is 0.167. The Kier molecular flexibility index (Phi) is 41.3. The van der Waals surface area contributed by atoms with E-state index in [1.54, 1.807) is 0 Å². The first-order valence-corrected chi connectivity index (χ1v) is 27.6. The summed E-state index contributed by atoms with van der Waals surface area (Å²) < 4.78 is 43.3. The van der Waals surface area contributed by atoms with E-state index in [1.165, 1.54) is 191 Å². The van der Waals surface area contributed by atoms with Gasteiger partial charge in [0.1, 0.15) is 0 Å². The summed E-state index contributed by atoms with van der Waals surface area (Å²) >= 11 is 0. The molecule has 0 aliphatic carbocycles. The van der Waals surface area contributed by atoms with Gasteiger partial charge in [0, 0.05) is 28.2 Å². The maximum atomic E-state index is 10.3. The predicted molar refractivity (Wildman–Crippen MR) is 277 cm³/mol. The van der Waals surface area contributed by atoms with E-state index in [1.807, 2.05) is 12.1 Å². The molecule has 6 nitrogen and oxygen atoms in total. The molecule has 354 valence electrons. The molecule has 0 N–H and O–H groups in total. The lowest BCUT2D eigenvalue weighted by atomic mass is 10.1. The average Bonchev–Trinajstić information content (AvgIpc) is 3.26. The second kappa shape index (κ2) is 41.9. The smallest absolute Gasteiger partial charge is 0.210 e. The van der Waals surface area contributed by atoms with Gasteiger partial charge in [0.05, 0.1) is 12.5 Å². The molecule has 4 aromatic carbocycles. The van der Waals surface area contributed by atoms with Gasteiger partial charge < -0.3 is 0 Å². The highest BCUT2D eigenvalue weighted by Gasteiger charge is 2.02. The van der Waals surface area contributed by atoms with Crippen LogP contribution in [0.1, 0.15) is 169 Å². The van der Waals surface area contributed by atoms with Crippen LogP contribution in [0, 0.1) is 0 Å². The van der Waals surface area contributed by atoms with Crippen molar-refractivity contribution in [3.05, 3.63) is 109 Å². The van der Waals surface area contributed by atoms with Gasteiger partial charge in [-0.3, -0.25) is 0 Å². The number of hydrogen-bond donors (Lipinski definition) is 0. The number of nitrogens with zero attached hydrogens (tertiary/aromatic N) is 2. The van der Waals surface area contributed by atoms with Gasteiger partial charge in [-0.2, -0.15) is 0 Å². The number of hydrogen-bond acceptors (Lipinski definition) is 4. The van der Waals surface area contributed by atoms with Crippen LogP contribution in [0.2, 0.25) is 0 Å². The largest absolute Gasteiger partial charge is 0.213 e. The molecule has 0 fully saturated rings. The van der Waals surface area contributed by atoms with Gasteiger partial charge in [0.25, 0.3) is 0 Å². The Hall–Kier alpha value is -3.04. The molecule has 0 aromatic heterocycles. The van der Waals surface area contributed by atoms with Crippen molar-refractivity contribution < 1.29 is 16.8 Å². The van der Waals surface area contributed by atoms with E-state index in [9.17, 15) is 16.8 Å². The minimum atomic E-state index is -2.91. The molecular formula is C54H92N2O4S2. The number of benzene rings is 4. The van der Waals surface area contributed by atoms with Crippen LogP contribution >= 0.6 is 0 Å². The lowest BCUT2D eigenvalue weighted by molar-refractivity contribution is 0.526. The van der Waals surface area contributed by atoms with Gasteiger partial charge in [-0.05, 0) is 21.9 Å². The molecule has 4 rings (SSSR count). The number of rotatable bonds is 23. The minimum Gasteiger partial charge on any atom is -0.213 e. The van der Waals surface area contributed by atoms with Gasteiger partial charge in [-0.25, -0.2) is 25.4 Å². The van der Waals surface area contributed by atoms with Gasteiger partial charge in [-0.15, -0.1) is 0 Å². The van der Waals surface area contributed by atoms with Crippen LogP contribution in [0.5, 0.6) is 0 Å². The quantitative estimate of drug-likeness (QED) is 0.0695. The Labute approximate surface area is 384 Å². The van der Waals surface area contributed by atoms with Crippen molar-refractivity contribution in [3.8, 4) is 11.1 Å². The highest BCUT2D eigenvalue weighted by molar-refractivity contribution is 7.88. The van der Waals surface area contributed by atoms with Gasteiger partial charge >= 0.3 is 0 Å². The van der Waals surface area contributed by atoms with Crippen LogP contribution in [0.3, 0.4) is 0 Å². The molecule has 62 heavy (non-hydrogen) atoms. The van der Waals surface area contributed by atoms with Crippen LogP contribution in [0.25, 0.3) is 21.9 Å². The second-order valence-corrected chi connectivity index (χ2v) is 20.9. The van der Waals surface area contributed by atoms with E-state index in [-0.39, 0.29) is 0 Å². The lowest BCUT2D eigenvalue weighted by Crippen LogP contribution is -2.19. The van der Waals surface area contributed by atoms with Gasteiger partial charge in [0.2, 0.25) is 20.0 Å². The highest BCUT2D eigenvalue weighted by Crippen LogP contribution is 2.17. The zero-order valence-electron chi connectivity index (χ0n) is 41.3. The SMILES string of the molecule is CCCCCCCCCCCCC.CCCCCCCCCCCCC.CN(C)S(C)(=O)=O.CN(C)S(C)(=O)=O.c1ccc(-c2ccccc2)cc1.c1ccc2ccccc2c1. The number of sulfonamides is 2. The fraction of sp³-hybridized carbons (Fsp3) is 0.593. The third kappa shape index (κ3) is 39.8. The van der Waals surface area contributed by atoms with E-state index in [0.29, 0.717) is 0 Å². The Bertz CT molecular complexity index is 1570. The molecule has 0 atom stereocenters. The third-order valence-electron chi connectivity index (χ3n) is 10.3. The maximum Gasteiger partial charge on any atom is 0.210 e. The van der Waals surface area contributed by atoms with Crippen LogP contribution in [0.15, 0.2) is 109 Å². The van der Waals surface area contributed by atoms with Crippen LogP contribution in [0.4, 0.5) is 0 Å². The maximum absolute atomic E-state index is 10.3. The van der Waals surface area contributed by atoms with E-state index in [2.05, 4.69) is 125 Å². The van der Waals surface area contributed by atoms with Crippen molar-refractivity contribution in [2.24, 2.45) is 0 Å². The second-order valence-electron chi connectivity index (χ2n) is 16.5. The summed E-state index contributed by atoms with van der Waals surface area (Å²) in [6, 6.07) is 37.5. The lowest BCUT2D eigenvalue weighted by Gasteiger charge is -2.02. The Morgan fingerprint density at radius 1 is 0.306 bits per heavy atom. The van der Waals surface area contributed by atoms with E-state index < -0.39 is 20.0 Å². The summed E-state index contributed by atoms with van der Waals surface area (Å²) in [5.74, 6) is 0. The zero-order valence-corrected chi connectivity index (χ0v) is 42.9. The molecule has 0 saturated heterocycles. The van der Waals surface area contributed by atoms with E-state index in [0.717, 1.165) is 21.1 Å². The third-order valence-corrected chi connectivity index (χ3v) is 12.9. The highest BCUT2D eigenvalue weighted by atomic mass is 32.2. The summed E-state index contributed by atoms with van der Waals surface area (Å²) in [5, 5.41) is 2.62. The summed E-state index contributed by atoms with van der Waals surface area (Å²) in [5.41, 5.74) is 2.55. The molecule has 8 heteroatoms. The molecule has 0 saturated carbocycles. The standard InChI is InChI=1S/2C13H28.C12H10.C10H8.2C3H9NO2S/c2*1-3-5-7-9-11-13-12-10-8-6-4-2;1-3-7-11(8-4-1)12-9-5-2-6-10-12;1-2-6-10-8-4-3-7-9(10)5-1;2*1-4(2)7(3,5)6/h2*3-13H2,1-2H3;1-10H;1-8H;2*1-3H3. The molecule has 0 unspecified atom stereocenters. The molecule has 0 radical (unpaired) electrons. The van der Waals surface area contributed by atoms with Crippen molar-refractivity contribution in [3.63, 3.8) is 0 Å². The first kappa shape index (κ1) is 61.0. The fourth-order valence-corrected chi connectivity index (χ4v) is 5.87. The average molecular weight is 897 g/mol. The molecule has 0 heterocycles. The predicted octanol–water partition coefficient (Wildman–Crippen LogP) is 15.8. The minimum absolute atomic E-state index is 1.16. The van der Waals surface area contributed by atoms with Gasteiger partial charge in [0.15, 0.2) is 0 Å². The normalized spacial score (nSPS) is 10.8. The van der Waals surface area contributed by atoms with Crippen molar-refractivity contribution in [1.82, 2.24) is 8.61 Å². The molecular weight excluding hydrogens is 805 g/mol. The first-order chi connectivity index (χ1) is 29.6. The first-order valence-electron chi connectivity index (χ1n) is 23.9. The topological polar surface area (TPSA) is 74.8 Å². The summed E-state index contributed by atoms with van der Waals surface area (Å²) in [4.78, 5) is 0. The van der Waals surface area contributed by atoms with Gasteiger partial charge in [-0.1, -0.05) is 278 Å². The number of unbranched alkanes of at least 4 members (excludes halogenated alkanes) is 20. The van der Waals surface area contributed by atoms with Crippen molar-refractivity contribution in [2.75, 3.05) is 40.7 Å². The van der Waals surface area contributed by atoms with Crippen LogP contribution in [-0.2, 0) is 20.0 Å². The molecule has 0 aliphatic heterocycles. The van der Waals surface area contributed by atoms with E-state index in [4.69, 9.17) is 0 Å². The zero-order chi connectivity index (χ0) is 46.7. The monoisotopic (exact) mass is 897 g/mol. The molecule has 4 aromatic rings.